The molecule has 0 spiro atoms. The van der Waals surface area contributed by atoms with E-state index in [9.17, 15) is 9.59 Å². The predicted octanol–water partition coefficient (Wildman–Crippen LogP) is 1.75. The van der Waals surface area contributed by atoms with E-state index in [-0.39, 0.29) is 5.91 Å². The highest BCUT2D eigenvalue weighted by atomic mass is 16.5. The van der Waals surface area contributed by atoms with Crippen LogP contribution in [0.1, 0.15) is 20.3 Å². The zero-order valence-electron chi connectivity index (χ0n) is 17.3. The number of methoxy groups -OCH3 is 3. The van der Waals surface area contributed by atoms with E-state index in [1.807, 2.05) is 19.0 Å². The molecule has 0 atom stereocenters. The summed E-state index contributed by atoms with van der Waals surface area (Å²) in [5, 5.41) is 5.56. The number of amides is 2. The highest BCUT2D eigenvalue weighted by Crippen LogP contribution is 2.40. The quantitative estimate of drug-likeness (QED) is 0.474. The molecule has 1 rings (SSSR count). The second kappa shape index (κ2) is 10.0. The average Bonchev–Trinajstić information content (AvgIpc) is 2.63. The molecule has 1 aromatic rings. The van der Waals surface area contributed by atoms with Crippen LogP contribution in [0, 0.1) is 5.41 Å². The van der Waals surface area contributed by atoms with Gasteiger partial charge in [-0.05, 0) is 40.9 Å². The van der Waals surface area contributed by atoms with Gasteiger partial charge in [-0.3, -0.25) is 9.59 Å². The highest BCUT2D eigenvalue weighted by Gasteiger charge is 2.36. The minimum absolute atomic E-state index is 0.328. The van der Waals surface area contributed by atoms with Gasteiger partial charge in [0.25, 0.3) is 0 Å². The van der Waals surface area contributed by atoms with Crippen LogP contribution in [0.4, 0.5) is 5.69 Å². The predicted molar refractivity (Wildman–Crippen MR) is 105 cm³/mol. The van der Waals surface area contributed by atoms with Crippen LogP contribution in [-0.4, -0.2) is 65.2 Å². The van der Waals surface area contributed by atoms with E-state index in [0.29, 0.717) is 29.5 Å². The molecule has 0 saturated heterocycles. The van der Waals surface area contributed by atoms with Crippen molar-refractivity contribution >= 4 is 17.5 Å². The average molecular weight is 381 g/mol. The Kier molecular flexibility index (Phi) is 8.36. The highest BCUT2D eigenvalue weighted by molar-refractivity contribution is 6.10. The van der Waals surface area contributed by atoms with Gasteiger partial charge in [-0.25, -0.2) is 0 Å². The van der Waals surface area contributed by atoms with Crippen molar-refractivity contribution in [1.82, 2.24) is 10.2 Å². The van der Waals surface area contributed by atoms with E-state index in [0.717, 1.165) is 13.0 Å². The second-order valence-electron chi connectivity index (χ2n) is 6.91. The Labute approximate surface area is 161 Å². The summed E-state index contributed by atoms with van der Waals surface area (Å²) in [6.45, 7) is 4.54. The summed E-state index contributed by atoms with van der Waals surface area (Å²) in [7, 11) is 8.43. The summed E-state index contributed by atoms with van der Waals surface area (Å²) in [5.41, 5.74) is -0.790. The summed E-state index contributed by atoms with van der Waals surface area (Å²) in [4.78, 5) is 27.1. The van der Waals surface area contributed by atoms with Gasteiger partial charge in [-0.15, -0.1) is 0 Å². The molecule has 0 saturated carbocycles. The minimum atomic E-state index is -1.24. The fourth-order valence-corrected chi connectivity index (χ4v) is 2.36. The van der Waals surface area contributed by atoms with Crippen LogP contribution in [0.15, 0.2) is 12.1 Å². The van der Waals surface area contributed by atoms with E-state index in [1.165, 1.54) is 21.3 Å². The summed E-state index contributed by atoms with van der Waals surface area (Å²) in [5.74, 6) is 0.500. The number of carbonyl (C=O) groups is 2. The molecule has 2 N–H and O–H groups in total. The van der Waals surface area contributed by atoms with E-state index >= 15 is 0 Å². The molecule has 2 amide bonds. The molecule has 8 heteroatoms. The van der Waals surface area contributed by atoms with Crippen molar-refractivity contribution in [2.75, 3.05) is 53.8 Å². The first-order chi connectivity index (χ1) is 12.7. The number of rotatable bonds is 10. The molecule has 0 radical (unpaired) electrons. The number of anilines is 1. The third-order valence-electron chi connectivity index (χ3n) is 4.13. The maximum Gasteiger partial charge on any atom is 0.239 e. The number of nitrogens with one attached hydrogen (secondary N) is 2. The molecular formula is C19H31N3O5. The van der Waals surface area contributed by atoms with Gasteiger partial charge in [0, 0.05) is 24.4 Å². The summed E-state index contributed by atoms with van der Waals surface area (Å²) in [6.07, 6.45) is 0.809. The number of benzene rings is 1. The molecule has 0 bridgehead atoms. The second-order valence-corrected chi connectivity index (χ2v) is 6.91. The molecule has 0 fully saturated rings. The lowest BCUT2D eigenvalue weighted by Crippen LogP contribution is -2.45. The number of carbonyl (C=O) groups excluding carboxylic acids is 2. The van der Waals surface area contributed by atoms with Gasteiger partial charge in [0.15, 0.2) is 11.5 Å². The number of hydrogen-bond donors (Lipinski definition) is 2. The van der Waals surface area contributed by atoms with Crippen molar-refractivity contribution in [2.24, 2.45) is 5.41 Å². The van der Waals surface area contributed by atoms with Gasteiger partial charge in [-0.2, -0.15) is 0 Å². The van der Waals surface area contributed by atoms with E-state index in [1.54, 1.807) is 26.0 Å². The first-order valence-corrected chi connectivity index (χ1v) is 8.71. The molecule has 0 heterocycles. The molecule has 152 valence electrons. The lowest BCUT2D eigenvalue weighted by Gasteiger charge is -2.23. The molecule has 0 aliphatic carbocycles. The lowest BCUT2D eigenvalue weighted by atomic mass is 9.91. The van der Waals surface area contributed by atoms with Crippen LogP contribution in [0.3, 0.4) is 0 Å². The van der Waals surface area contributed by atoms with Gasteiger partial charge < -0.3 is 29.7 Å². The monoisotopic (exact) mass is 381 g/mol. The standard InChI is InChI=1S/C19H31N3O5/c1-19(2,17(23)20-9-8-10-22(3)4)18(24)21-13-11-14(25-5)16(27-7)15(12-13)26-6/h11-12H,8-10H2,1-7H3,(H,20,23)(H,21,24). The molecule has 1 aromatic carbocycles. The largest absolute Gasteiger partial charge is 0.493 e. The van der Waals surface area contributed by atoms with Gasteiger partial charge in [0.1, 0.15) is 5.41 Å². The fourth-order valence-electron chi connectivity index (χ4n) is 2.36. The lowest BCUT2D eigenvalue weighted by molar-refractivity contribution is -0.138. The van der Waals surface area contributed by atoms with Crippen LogP contribution < -0.4 is 24.8 Å². The third-order valence-corrected chi connectivity index (χ3v) is 4.13. The number of ether oxygens (including phenoxy) is 3. The molecular weight excluding hydrogens is 350 g/mol. The van der Waals surface area contributed by atoms with Crippen molar-refractivity contribution < 1.29 is 23.8 Å². The van der Waals surface area contributed by atoms with Gasteiger partial charge in [0.2, 0.25) is 17.6 Å². The SMILES string of the molecule is COc1cc(NC(=O)C(C)(C)C(=O)NCCCN(C)C)cc(OC)c1OC. The van der Waals surface area contributed by atoms with Crippen molar-refractivity contribution in [3.63, 3.8) is 0 Å². The first-order valence-electron chi connectivity index (χ1n) is 8.71. The Morgan fingerprint density at radius 1 is 1.00 bits per heavy atom. The Bertz CT molecular complexity index is 634. The zero-order chi connectivity index (χ0) is 20.6. The zero-order valence-corrected chi connectivity index (χ0v) is 17.3. The van der Waals surface area contributed by atoms with E-state index in [4.69, 9.17) is 14.2 Å². The topological polar surface area (TPSA) is 89.1 Å². The molecule has 0 aliphatic heterocycles. The number of hydrogen-bond acceptors (Lipinski definition) is 6. The molecule has 0 unspecified atom stereocenters. The summed E-state index contributed by atoms with van der Waals surface area (Å²) >= 11 is 0. The summed E-state index contributed by atoms with van der Waals surface area (Å²) in [6, 6.07) is 3.23. The van der Waals surface area contributed by atoms with Crippen LogP contribution in [-0.2, 0) is 9.59 Å². The molecule has 0 aromatic heterocycles. The third kappa shape index (κ3) is 6.02. The maximum absolute atomic E-state index is 12.7. The molecule has 8 nitrogen and oxygen atoms in total. The smallest absolute Gasteiger partial charge is 0.239 e. The van der Waals surface area contributed by atoms with E-state index < -0.39 is 11.3 Å². The summed E-state index contributed by atoms with van der Waals surface area (Å²) < 4.78 is 15.8. The van der Waals surface area contributed by atoms with Gasteiger partial charge in [-0.1, -0.05) is 0 Å². The van der Waals surface area contributed by atoms with Gasteiger partial charge in [0.05, 0.1) is 21.3 Å². The van der Waals surface area contributed by atoms with Crippen LogP contribution in [0.5, 0.6) is 17.2 Å². The van der Waals surface area contributed by atoms with Crippen LogP contribution in [0.2, 0.25) is 0 Å². The van der Waals surface area contributed by atoms with Gasteiger partial charge >= 0.3 is 0 Å². The molecule has 0 aliphatic rings. The molecule has 27 heavy (non-hydrogen) atoms. The van der Waals surface area contributed by atoms with Crippen molar-refractivity contribution in [1.29, 1.82) is 0 Å². The van der Waals surface area contributed by atoms with Crippen molar-refractivity contribution in [3.05, 3.63) is 12.1 Å². The Morgan fingerprint density at radius 3 is 2.00 bits per heavy atom. The first kappa shape index (κ1) is 22.6. The Hall–Kier alpha value is -2.48. The van der Waals surface area contributed by atoms with Crippen LogP contribution >= 0.6 is 0 Å². The van der Waals surface area contributed by atoms with E-state index in [2.05, 4.69) is 10.6 Å². The Morgan fingerprint density at radius 2 is 1.56 bits per heavy atom. The maximum atomic E-state index is 12.7. The normalized spacial score (nSPS) is 11.1. The van der Waals surface area contributed by atoms with Crippen molar-refractivity contribution in [3.8, 4) is 17.2 Å². The number of nitrogens with zero attached hydrogens (tertiary/aromatic N) is 1. The fraction of sp³-hybridized carbons (Fsp3) is 0.579. The minimum Gasteiger partial charge on any atom is -0.493 e. The Balaban J connectivity index is 2.85. The van der Waals surface area contributed by atoms with Crippen LogP contribution in [0.25, 0.3) is 0 Å². The van der Waals surface area contributed by atoms with Crippen molar-refractivity contribution in [2.45, 2.75) is 20.3 Å².